The number of sulfonamides is 1. The van der Waals surface area contributed by atoms with Gasteiger partial charge in [-0.3, -0.25) is 4.72 Å². The lowest BCUT2D eigenvalue weighted by molar-refractivity contribution is -0.137. The van der Waals surface area contributed by atoms with E-state index in [-0.39, 0.29) is 22.1 Å². The zero-order valence-corrected chi connectivity index (χ0v) is 13.1. The number of alkyl halides is 3. The van der Waals surface area contributed by atoms with Crippen molar-refractivity contribution in [2.45, 2.75) is 24.8 Å². The van der Waals surface area contributed by atoms with E-state index in [2.05, 4.69) is 12.2 Å². The molecule has 0 aromatic heterocycles. The second-order valence-electron chi connectivity index (χ2n) is 4.14. The van der Waals surface area contributed by atoms with Crippen LogP contribution in [0, 0.1) is 0 Å². The van der Waals surface area contributed by atoms with Gasteiger partial charge in [0.05, 0.1) is 21.3 Å². The van der Waals surface area contributed by atoms with Gasteiger partial charge in [0, 0.05) is 0 Å². The van der Waals surface area contributed by atoms with Gasteiger partial charge in [-0.2, -0.15) is 13.2 Å². The Morgan fingerprint density at radius 1 is 1.48 bits per heavy atom. The fraction of sp³-hybridized carbons (Fsp3) is 0.364. The molecule has 1 aromatic carbocycles. The summed E-state index contributed by atoms with van der Waals surface area (Å²) in [5, 5.41) is -1.36. The van der Waals surface area contributed by atoms with Gasteiger partial charge in [-0.1, -0.05) is 30.7 Å². The smallest absolute Gasteiger partial charge is 0.392 e. The lowest BCUT2D eigenvalue weighted by Crippen LogP contribution is -2.37. The highest BCUT2D eigenvalue weighted by atomic mass is 35.5. The van der Waals surface area contributed by atoms with Gasteiger partial charge in [0.1, 0.15) is 5.25 Å². The van der Waals surface area contributed by atoms with Crippen LogP contribution in [-0.4, -0.2) is 18.7 Å². The number of rotatable bonds is 5. The Bertz CT molecular complexity index is 647. The average molecular weight is 361 g/mol. The summed E-state index contributed by atoms with van der Waals surface area (Å²) in [5.74, 6) is 0. The molecule has 21 heavy (non-hydrogen) atoms. The molecule has 1 aromatic rings. The normalized spacial score (nSPS) is 13.8. The van der Waals surface area contributed by atoms with Crippen LogP contribution in [0.25, 0.3) is 0 Å². The number of hydrogen-bond acceptors (Lipinski definition) is 3. The molecule has 10 heteroatoms. The standard InChI is InChI=1S/C11H12ClF3N2O2S2/c1-2-9(10(16)20)21(18,19)17-8-5-6(11(13,14)15)3-4-7(8)12/h3-5,9,17H,2H2,1H3,(H2,16,20). The predicted octanol–water partition coefficient (Wildman–Crippen LogP) is 3.17. The van der Waals surface area contributed by atoms with Crippen LogP contribution in [0.2, 0.25) is 5.02 Å². The van der Waals surface area contributed by atoms with E-state index in [0.29, 0.717) is 6.07 Å². The molecule has 0 fully saturated rings. The Morgan fingerprint density at radius 2 is 2.05 bits per heavy atom. The molecule has 0 aliphatic carbocycles. The van der Waals surface area contributed by atoms with Crippen molar-refractivity contribution in [3.63, 3.8) is 0 Å². The Balaban J connectivity index is 3.21. The van der Waals surface area contributed by atoms with E-state index in [9.17, 15) is 21.6 Å². The number of hydrogen-bond donors (Lipinski definition) is 2. The summed E-state index contributed by atoms with van der Waals surface area (Å²) < 4.78 is 64.0. The van der Waals surface area contributed by atoms with Gasteiger partial charge in [0.15, 0.2) is 0 Å². The van der Waals surface area contributed by atoms with Crippen molar-refractivity contribution in [2.24, 2.45) is 5.73 Å². The second-order valence-corrected chi connectivity index (χ2v) is 6.88. The van der Waals surface area contributed by atoms with Crippen LogP contribution in [0.5, 0.6) is 0 Å². The number of nitrogens with one attached hydrogen (secondary N) is 1. The second kappa shape index (κ2) is 6.37. The van der Waals surface area contributed by atoms with Crippen LogP contribution in [0.1, 0.15) is 18.9 Å². The number of thiocarbonyl (C=S) groups is 1. The molecule has 0 amide bonds. The number of benzene rings is 1. The minimum Gasteiger partial charge on any atom is -0.392 e. The van der Waals surface area contributed by atoms with Gasteiger partial charge in [-0.25, -0.2) is 8.42 Å². The summed E-state index contributed by atoms with van der Waals surface area (Å²) in [7, 11) is -4.08. The van der Waals surface area contributed by atoms with Crippen LogP contribution < -0.4 is 10.5 Å². The Morgan fingerprint density at radius 3 is 2.48 bits per heavy atom. The first-order valence-electron chi connectivity index (χ1n) is 5.66. The molecule has 0 bridgehead atoms. The SMILES string of the molecule is CCC(C(N)=S)S(=O)(=O)Nc1cc(C(F)(F)F)ccc1Cl. The molecule has 0 aliphatic rings. The van der Waals surface area contributed by atoms with Gasteiger partial charge >= 0.3 is 6.18 Å². The van der Waals surface area contributed by atoms with Gasteiger partial charge in [0.25, 0.3) is 0 Å². The van der Waals surface area contributed by atoms with E-state index in [0.717, 1.165) is 12.1 Å². The third-order valence-electron chi connectivity index (χ3n) is 2.61. The maximum absolute atomic E-state index is 12.6. The molecule has 3 N–H and O–H groups in total. The lowest BCUT2D eigenvalue weighted by atomic mass is 10.2. The zero-order chi connectivity index (χ0) is 16.4. The van der Waals surface area contributed by atoms with Crippen LogP contribution in [0.4, 0.5) is 18.9 Å². The number of nitrogens with two attached hydrogens (primary N) is 1. The van der Waals surface area contributed by atoms with Crippen LogP contribution in [-0.2, 0) is 16.2 Å². The molecule has 118 valence electrons. The van der Waals surface area contributed by atoms with Gasteiger partial charge in [0.2, 0.25) is 10.0 Å². The zero-order valence-electron chi connectivity index (χ0n) is 10.7. The summed E-state index contributed by atoms with van der Waals surface area (Å²) in [6.45, 7) is 1.54. The molecule has 1 atom stereocenters. The van der Waals surface area contributed by atoms with E-state index < -0.39 is 27.0 Å². The van der Waals surface area contributed by atoms with Gasteiger partial charge < -0.3 is 5.73 Å². The van der Waals surface area contributed by atoms with Crippen LogP contribution in [0.15, 0.2) is 18.2 Å². The third-order valence-corrected chi connectivity index (χ3v) is 5.21. The lowest BCUT2D eigenvalue weighted by Gasteiger charge is -2.17. The maximum atomic E-state index is 12.6. The maximum Gasteiger partial charge on any atom is 0.416 e. The molecule has 1 unspecified atom stereocenters. The molecule has 1 rings (SSSR count). The molecule has 0 aliphatic heterocycles. The topological polar surface area (TPSA) is 72.2 Å². The molecular weight excluding hydrogens is 349 g/mol. The van der Waals surface area contributed by atoms with Crippen molar-refractivity contribution in [3.05, 3.63) is 28.8 Å². The summed E-state index contributed by atoms with van der Waals surface area (Å²) in [6, 6.07) is 2.33. The molecule has 0 radical (unpaired) electrons. The van der Waals surface area contributed by atoms with Gasteiger partial charge in [-0.15, -0.1) is 0 Å². The number of halogens is 4. The molecule has 0 heterocycles. The van der Waals surface area contributed by atoms with E-state index in [1.165, 1.54) is 6.92 Å². The minimum atomic E-state index is -4.61. The Hall–Kier alpha value is -1.06. The highest BCUT2D eigenvalue weighted by Crippen LogP contribution is 2.34. The van der Waals surface area contributed by atoms with E-state index in [1.807, 2.05) is 4.72 Å². The fourth-order valence-corrected chi connectivity index (χ4v) is 3.71. The molecular formula is C11H12ClF3N2O2S2. The first kappa shape index (κ1) is 18.0. The summed E-state index contributed by atoms with van der Waals surface area (Å²) in [4.78, 5) is -0.270. The summed E-state index contributed by atoms with van der Waals surface area (Å²) in [6.07, 6.45) is -4.53. The van der Waals surface area contributed by atoms with E-state index >= 15 is 0 Å². The van der Waals surface area contributed by atoms with Crippen LogP contribution in [0.3, 0.4) is 0 Å². The molecule has 0 spiro atoms. The fourth-order valence-electron chi connectivity index (χ4n) is 1.58. The Kier molecular flexibility index (Phi) is 5.46. The van der Waals surface area contributed by atoms with Crippen LogP contribution >= 0.6 is 23.8 Å². The Labute approximate surface area is 130 Å². The summed E-state index contributed by atoms with van der Waals surface area (Å²) >= 11 is 10.4. The van der Waals surface area contributed by atoms with Crippen molar-refractivity contribution < 1.29 is 21.6 Å². The molecule has 0 saturated carbocycles. The highest BCUT2D eigenvalue weighted by Gasteiger charge is 2.32. The largest absolute Gasteiger partial charge is 0.416 e. The van der Waals surface area contributed by atoms with Crippen molar-refractivity contribution in [1.82, 2.24) is 0 Å². The first-order chi connectivity index (χ1) is 9.49. The van der Waals surface area contributed by atoms with E-state index in [4.69, 9.17) is 17.3 Å². The molecule has 0 saturated heterocycles. The van der Waals surface area contributed by atoms with Crippen molar-refractivity contribution in [3.8, 4) is 0 Å². The van der Waals surface area contributed by atoms with E-state index in [1.54, 1.807) is 0 Å². The van der Waals surface area contributed by atoms with Gasteiger partial charge in [-0.05, 0) is 24.6 Å². The number of anilines is 1. The van der Waals surface area contributed by atoms with Crippen molar-refractivity contribution in [2.75, 3.05) is 4.72 Å². The average Bonchev–Trinajstić information content (AvgIpc) is 2.30. The van der Waals surface area contributed by atoms with Crippen molar-refractivity contribution in [1.29, 1.82) is 0 Å². The highest BCUT2D eigenvalue weighted by molar-refractivity contribution is 7.95. The monoisotopic (exact) mass is 360 g/mol. The van der Waals surface area contributed by atoms with Crippen molar-refractivity contribution >= 4 is 44.5 Å². The summed E-state index contributed by atoms with van der Waals surface area (Å²) in [5.41, 5.74) is 3.93. The third kappa shape index (κ3) is 4.45. The minimum absolute atomic E-state index is 0.0846. The predicted molar refractivity (Wildman–Crippen MR) is 79.9 cm³/mol. The quantitative estimate of drug-likeness (QED) is 0.791. The first-order valence-corrected chi connectivity index (χ1v) is 8.00. The molecule has 4 nitrogen and oxygen atoms in total.